The van der Waals surface area contributed by atoms with E-state index >= 15 is 0 Å². The van der Waals surface area contributed by atoms with E-state index in [2.05, 4.69) is 29.3 Å². The largest absolute Gasteiger partial charge is 0.378 e. The van der Waals surface area contributed by atoms with Crippen LogP contribution in [0.2, 0.25) is 0 Å². The molecular weight excluding hydrogens is 354 g/mol. The molecule has 2 aromatic carbocycles. The summed E-state index contributed by atoms with van der Waals surface area (Å²) in [7, 11) is -3.68. The molecule has 2 aromatic rings. The molecule has 0 amide bonds. The molecule has 0 spiro atoms. The highest BCUT2D eigenvalue weighted by Crippen LogP contribution is 2.33. The zero-order valence-corrected chi connectivity index (χ0v) is 15.5. The van der Waals surface area contributed by atoms with E-state index in [4.69, 9.17) is 0 Å². The number of nitrogens with zero attached hydrogens (tertiary/aromatic N) is 2. The lowest BCUT2D eigenvalue weighted by Crippen LogP contribution is -2.33. The van der Waals surface area contributed by atoms with Gasteiger partial charge in [-0.2, -0.15) is 0 Å². The van der Waals surface area contributed by atoms with Gasteiger partial charge in [0.25, 0.3) is 0 Å². The molecule has 1 N–H and O–H groups in total. The van der Waals surface area contributed by atoms with E-state index < -0.39 is 20.4 Å². The van der Waals surface area contributed by atoms with Crippen molar-refractivity contribution in [3.63, 3.8) is 0 Å². The molecule has 7 nitrogen and oxygen atoms in total. The normalized spacial score (nSPS) is 16.4. The van der Waals surface area contributed by atoms with Gasteiger partial charge in [-0.05, 0) is 37.1 Å². The standard InChI is InChI=1S/C18H21N3O4S/c1-13-12-14-6-3-4-8-16(14)20(13)11-10-19-15-7-5-9-17(26(2,24)25)18(15)21(22)23/h3-9,13,19H,10-12H2,1-2H3. The minimum Gasteiger partial charge on any atom is -0.378 e. The molecule has 3 rings (SSSR count). The maximum absolute atomic E-state index is 11.8. The molecule has 0 fully saturated rings. The molecule has 1 heterocycles. The first-order chi connectivity index (χ1) is 12.3. The molecule has 0 saturated heterocycles. The first-order valence-corrected chi connectivity index (χ1v) is 10.2. The quantitative estimate of drug-likeness (QED) is 0.616. The van der Waals surface area contributed by atoms with Gasteiger partial charge in [-0.15, -0.1) is 0 Å². The van der Waals surface area contributed by atoms with E-state index in [0.717, 1.165) is 12.7 Å². The highest BCUT2D eigenvalue weighted by atomic mass is 32.2. The van der Waals surface area contributed by atoms with Crippen LogP contribution in [0.3, 0.4) is 0 Å². The molecule has 1 aliphatic rings. The zero-order chi connectivity index (χ0) is 18.9. The Hall–Kier alpha value is -2.61. The second-order valence-corrected chi connectivity index (χ2v) is 8.47. The van der Waals surface area contributed by atoms with Gasteiger partial charge < -0.3 is 10.2 Å². The number of nitrogens with one attached hydrogen (secondary N) is 1. The van der Waals surface area contributed by atoms with Crippen LogP contribution in [0.15, 0.2) is 47.4 Å². The van der Waals surface area contributed by atoms with E-state index in [1.165, 1.54) is 29.4 Å². The van der Waals surface area contributed by atoms with Crippen molar-refractivity contribution in [1.82, 2.24) is 0 Å². The predicted molar refractivity (Wildman–Crippen MR) is 102 cm³/mol. The highest BCUT2D eigenvalue weighted by molar-refractivity contribution is 7.90. The van der Waals surface area contributed by atoms with Gasteiger partial charge in [0, 0.05) is 31.1 Å². The fourth-order valence-corrected chi connectivity index (χ4v) is 4.30. The molecular formula is C18H21N3O4S. The molecule has 138 valence electrons. The third kappa shape index (κ3) is 3.50. The molecule has 0 aliphatic carbocycles. The van der Waals surface area contributed by atoms with Crippen molar-refractivity contribution < 1.29 is 13.3 Å². The van der Waals surface area contributed by atoms with Crippen LogP contribution in [-0.2, 0) is 16.3 Å². The van der Waals surface area contributed by atoms with Crippen LogP contribution in [0.5, 0.6) is 0 Å². The van der Waals surface area contributed by atoms with Crippen LogP contribution in [0.4, 0.5) is 17.1 Å². The van der Waals surface area contributed by atoms with Gasteiger partial charge in [0.05, 0.1) is 4.92 Å². The van der Waals surface area contributed by atoms with Gasteiger partial charge in [0.2, 0.25) is 0 Å². The number of anilines is 2. The fourth-order valence-electron chi connectivity index (χ4n) is 3.43. The van der Waals surface area contributed by atoms with Gasteiger partial charge in [-0.25, -0.2) is 8.42 Å². The Kier molecular flexibility index (Phi) is 4.86. The summed E-state index contributed by atoms with van der Waals surface area (Å²) in [4.78, 5) is 12.8. The van der Waals surface area contributed by atoms with Crippen LogP contribution in [0.1, 0.15) is 12.5 Å². The topological polar surface area (TPSA) is 92.6 Å². The first kappa shape index (κ1) is 18.2. The van der Waals surface area contributed by atoms with Crippen molar-refractivity contribution in [3.8, 4) is 0 Å². The van der Waals surface area contributed by atoms with E-state index in [0.29, 0.717) is 19.1 Å². The summed E-state index contributed by atoms with van der Waals surface area (Å²) in [5.74, 6) is 0. The molecule has 1 unspecified atom stereocenters. The number of hydrogen-bond acceptors (Lipinski definition) is 6. The van der Waals surface area contributed by atoms with Gasteiger partial charge >= 0.3 is 5.69 Å². The number of nitro groups is 1. The highest BCUT2D eigenvalue weighted by Gasteiger charge is 2.27. The molecule has 1 aliphatic heterocycles. The van der Waals surface area contributed by atoms with Gasteiger partial charge in [-0.3, -0.25) is 10.1 Å². The zero-order valence-electron chi connectivity index (χ0n) is 14.7. The molecule has 0 saturated carbocycles. The maximum Gasteiger partial charge on any atom is 0.310 e. The monoisotopic (exact) mass is 375 g/mol. The van der Waals surface area contributed by atoms with E-state index in [1.54, 1.807) is 0 Å². The van der Waals surface area contributed by atoms with Crippen molar-refractivity contribution >= 4 is 26.9 Å². The van der Waals surface area contributed by atoms with Crippen molar-refractivity contribution in [2.45, 2.75) is 24.3 Å². The van der Waals surface area contributed by atoms with Gasteiger partial charge in [0.15, 0.2) is 9.84 Å². The van der Waals surface area contributed by atoms with Crippen molar-refractivity contribution in [2.24, 2.45) is 0 Å². The summed E-state index contributed by atoms with van der Waals surface area (Å²) >= 11 is 0. The molecule has 0 radical (unpaired) electrons. The number of nitro benzene ring substituents is 1. The predicted octanol–water partition coefficient (Wildman–Crippen LogP) is 2.86. The Labute approximate surface area is 152 Å². The summed E-state index contributed by atoms with van der Waals surface area (Å²) in [6.45, 7) is 3.28. The third-order valence-corrected chi connectivity index (χ3v) is 5.73. The Morgan fingerprint density at radius 2 is 1.96 bits per heavy atom. The lowest BCUT2D eigenvalue weighted by molar-refractivity contribution is -0.386. The lowest BCUT2D eigenvalue weighted by atomic mass is 10.1. The van der Waals surface area contributed by atoms with Crippen LogP contribution < -0.4 is 10.2 Å². The summed E-state index contributed by atoms with van der Waals surface area (Å²) in [5, 5.41) is 14.5. The first-order valence-electron chi connectivity index (χ1n) is 8.35. The Morgan fingerprint density at radius 1 is 1.23 bits per heavy atom. The van der Waals surface area contributed by atoms with Crippen LogP contribution in [-0.4, -0.2) is 38.7 Å². The number of benzene rings is 2. The SMILES string of the molecule is CC1Cc2ccccc2N1CCNc1cccc(S(C)(=O)=O)c1[N+](=O)[O-]. The van der Waals surface area contributed by atoms with E-state index in [9.17, 15) is 18.5 Å². The van der Waals surface area contributed by atoms with Crippen LogP contribution in [0, 0.1) is 10.1 Å². The molecule has 0 aromatic heterocycles. The summed E-state index contributed by atoms with van der Waals surface area (Å²) in [6.07, 6.45) is 1.95. The smallest absolute Gasteiger partial charge is 0.310 e. The van der Waals surface area contributed by atoms with E-state index in [1.807, 2.05) is 12.1 Å². The Bertz CT molecular complexity index is 943. The molecule has 8 heteroatoms. The number of fused-ring (bicyclic) bond motifs is 1. The average Bonchev–Trinajstić information content (AvgIpc) is 2.89. The van der Waals surface area contributed by atoms with Gasteiger partial charge in [-0.1, -0.05) is 24.3 Å². The number of hydrogen-bond donors (Lipinski definition) is 1. The Balaban J connectivity index is 1.78. The average molecular weight is 375 g/mol. The lowest BCUT2D eigenvalue weighted by Gasteiger charge is -2.25. The van der Waals surface area contributed by atoms with Gasteiger partial charge in [0.1, 0.15) is 10.6 Å². The summed E-state index contributed by atoms with van der Waals surface area (Å²) < 4.78 is 23.7. The minimum atomic E-state index is -3.68. The molecule has 26 heavy (non-hydrogen) atoms. The number of sulfone groups is 1. The molecule has 0 bridgehead atoms. The number of rotatable bonds is 6. The minimum absolute atomic E-state index is 0.220. The molecule has 1 atom stereocenters. The second kappa shape index (κ2) is 6.95. The van der Waals surface area contributed by atoms with Crippen molar-refractivity contribution in [3.05, 3.63) is 58.1 Å². The number of para-hydroxylation sites is 2. The van der Waals surface area contributed by atoms with Crippen LogP contribution in [0.25, 0.3) is 0 Å². The summed E-state index contributed by atoms with van der Waals surface area (Å²) in [5.41, 5.74) is 2.30. The Morgan fingerprint density at radius 3 is 2.65 bits per heavy atom. The second-order valence-electron chi connectivity index (χ2n) is 6.48. The van der Waals surface area contributed by atoms with Crippen molar-refractivity contribution in [1.29, 1.82) is 0 Å². The fraction of sp³-hybridized carbons (Fsp3) is 0.333. The third-order valence-electron chi connectivity index (χ3n) is 4.60. The van der Waals surface area contributed by atoms with E-state index in [-0.39, 0.29) is 10.6 Å². The summed E-state index contributed by atoms with van der Waals surface area (Å²) in [6, 6.07) is 12.9. The maximum atomic E-state index is 11.8. The van der Waals surface area contributed by atoms with Crippen LogP contribution >= 0.6 is 0 Å². The van der Waals surface area contributed by atoms with Crippen molar-refractivity contribution in [2.75, 3.05) is 29.6 Å².